The maximum Gasteiger partial charge on any atom is 0.206 e. The second-order valence-corrected chi connectivity index (χ2v) is 7.12. The van der Waals surface area contributed by atoms with E-state index in [2.05, 4.69) is 32.3 Å². The molecule has 1 aliphatic rings. The molecular formula is C16H23N5OS. The van der Waals surface area contributed by atoms with Crippen LogP contribution in [-0.4, -0.2) is 57.5 Å². The molecule has 0 aliphatic carbocycles. The number of nitrogens with one attached hydrogen (secondary N) is 1. The number of aliphatic hydroxyl groups is 1. The molecule has 0 radical (unpaired) electrons. The first-order valence-corrected chi connectivity index (χ1v) is 8.91. The number of nitrogens with zero attached hydrogens (tertiary/aromatic N) is 4. The molecule has 124 valence electrons. The topological polar surface area (TPSA) is 74.2 Å². The summed E-state index contributed by atoms with van der Waals surface area (Å²) in [6, 6.07) is 5.72. The van der Waals surface area contributed by atoms with Gasteiger partial charge in [0, 0.05) is 19.3 Å². The zero-order valence-electron chi connectivity index (χ0n) is 13.4. The third-order valence-corrected chi connectivity index (χ3v) is 5.05. The third-order valence-electron chi connectivity index (χ3n) is 4.14. The molecule has 0 spiro atoms. The summed E-state index contributed by atoms with van der Waals surface area (Å²) in [4.78, 5) is 6.60. The number of pyridine rings is 1. The number of hydrogen-bond donors (Lipinski definition) is 2. The third kappa shape index (κ3) is 4.70. The lowest BCUT2D eigenvalue weighted by Crippen LogP contribution is -2.40. The van der Waals surface area contributed by atoms with Crippen molar-refractivity contribution < 1.29 is 5.11 Å². The SMILES string of the molecule is CC1CCN(C[C@@H](O)CNc2nnc(-c3ccccn3)s2)CC1. The molecule has 1 aliphatic heterocycles. The van der Waals surface area contributed by atoms with Crippen LogP contribution >= 0.6 is 11.3 Å². The van der Waals surface area contributed by atoms with E-state index in [1.165, 1.54) is 24.2 Å². The minimum absolute atomic E-state index is 0.398. The van der Waals surface area contributed by atoms with Gasteiger partial charge in [-0.05, 0) is 44.0 Å². The molecule has 2 N–H and O–H groups in total. The van der Waals surface area contributed by atoms with Crippen molar-refractivity contribution in [2.75, 3.05) is 31.5 Å². The first-order chi connectivity index (χ1) is 11.2. The van der Waals surface area contributed by atoms with Gasteiger partial charge < -0.3 is 15.3 Å². The average molecular weight is 333 g/mol. The van der Waals surface area contributed by atoms with E-state index in [9.17, 15) is 5.11 Å². The van der Waals surface area contributed by atoms with Crippen LogP contribution in [0.3, 0.4) is 0 Å². The molecule has 23 heavy (non-hydrogen) atoms. The van der Waals surface area contributed by atoms with Crippen molar-refractivity contribution >= 4 is 16.5 Å². The van der Waals surface area contributed by atoms with Gasteiger partial charge in [-0.25, -0.2) is 0 Å². The Balaban J connectivity index is 1.46. The van der Waals surface area contributed by atoms with Crippen LogP contribution in [0.15, 0.2) is 24.4 Å². The minimum Gasteiger partial charge on any atom is -0.390 e. The van der Waals surface area contributed by atoms with Crippen molar-refractivity contribution in [3.8, 4) is 10.7 Å². The second-order valence-electron chi connectivity index (χ2n) is 6.15. The second kappa shape index (κ2) is 7.81. The zero-order chi connectivity index (χ0) is 16.1. The molecule has 0 bridgehead atoms. The van der Waals surface area contributed by atoms with Gasteiger partial charge in [-0.1, -0.05) is 24.3 Å². The maximum absolute atomic E-state index is 10.2. The summed E-state index contributed by atoms with van der Waals surface area (Å²) in [5.41, 5.74) is 0.820. The van der Waals surface area contributed by atoms with Gasteiger partial charge in [-0.3, -0.25) is 4.98 Å². The fourth-order valence-corrected chi connectivity index (χ4v) is 3.43. The fraction of sp³-hybridized carbons (Fsp3) is 0.562. The molecule has 6 nitrogen and oxygen atoms in total. The van der Waals surface area contributed by atoms with E-state index in [1.807, 2.05) is 18.2 Å². The lowest BCUT2D eigenvalue weighted by Gasteiger charge is -2.31. The molecule has 0 unspecified atom stereocenters. The lowest BCUT2D eigenvalue weighted by molar-refractivity contribution is 0.0990. The average Bonchev–Trinajstić information content (AvgIpc) is 3.05. The Bertz CT molecular complexity index is 598. The number of β-amino-alcohol motifs (C(OH)–C–C–N with tert-alkyl or cyclic N) is 1. The van der Waals surface area contributed by atoms with E-state index in [0.29, 0.717) is 13.1 Å². The summed E-state index contributed by atoms with van der Waals surface area (Å²) >= 11 is 1.45. The molecule has 2 aromatic heterocycles. The molecular weight excluding hydrogens is 310 g/mol. The van der Waals surface area contributed by atoms with Gasteiger partial charge in [-0.2, -0.15) is 0 Å². The first-order valence-electron chi connectivity index (χ1n) is 8.10. The van der Waals surface area contributed by atoms with E-state index in [-0.39, 0.29) is 0 Å². The number of rotatable bonds is 6. The summed E-state index contributed by atoms with van der Waals surface area (Å²) in [6.07, 6.45) is 3.80. The Hall–Kier alpha value is -1.57. The molecule has 1 fully saturated rings. The van der Waals surface area contributed by atoms with Gasteiger partial charge >= 0.3 is 0 Å². The van der Waals surface area contributed by atoms with Crippen molar-refractivity contribution in [1.82, 2.24) is 20.1 Å². The first kappa shape index (κ1) is 16.3. The number of piperidine rings is 1. The molecule has 1 saturated heterocycles. The Morgan fingerprint density at radius 2 is 2.17 bits per heavy atom. The van der Waals surface area contributed by atoms with E-state index in [1.54, 1.807) is 6.20 Å². The number of hydrogen-bond acceptors (Lipinski definition) is 7. The molecule has 3 rings (SSSR count). The summed E-state index contributed by atoms with van der Waals surface area (Å²) in [5.74, 6) is 0.813. The van der Waals surface area contributed by atoms with Gasteiger partial charge in [0.05, 0.1) is 6.10 Å². The number of anilines is 1. The highest BCUT2D eigenvalue weighted by Gasteiger charge is 2.18. The molecule has 3 heterocycles. The maximum atomic E-state index is 10.2. The van der Waals surface area contributed by atoms with Gasteiger partial charge in [0.1, 0.15) is 5.69 Å². The van der Waals surface area contributed by atoms with Crippen LogP contribution in [0.4, 0.5) is 5.13 Å². The van der Waals surface area contributed by atoms with Crippen LogP contribution in [0.2, 0.25) is 0 Å². The highest BCUT2D eigenvalue weighted by atomic mass is 32.1. The van der Waals surface area contributed by atoms with Crippen LogP contribution in [0, 0.1) is 5.92 Å². The van der Waals surface area contributed by atoms with Gasteiger partial charge in [-0.15, -0.1) is 10.2 Å². The van der Waals surface area contributed by atoms with Gasteiger partial charge in [0.2, 0.25) is 5.13 Å². The number of aromatic nitrogens is 3. The van der Waals surface area contributed by atoms with Gasteiger partial charge in [0.25, 0.3) is 0 Å². The number of aliphatic hydroxyl groups excluding tert-OH is 1. The Morgan fingerprint density at radius 3 is 2.91 bits per heavy atom. The molecule has 0 amide bonds. The van der Waals surface area contributed by atoms with Crippen molar-refractivity contribution in [1.29, 1.82) is 0 Å². The zero-order valence-corrected chi connectivity index (χ0v) is 14.2. The van der Waals surface area contributed by atoms with Gasteiger partial charge in [0.15, 0.2) is 5.01 Å². The molecule has 2 aromatic rings. The van der Waals surface area contributed by atoms with E-state index >= 15 is 0 Å². The van der Waals surface area contributed by atoms with Crippen LogP contribution < -0.4 is 5.32 Å². The quantitative estimate of drug-likeness (QED) is 0.843. The monoisotopic (exact) mass is 333 g/mol. The molecule has 1 atom stereocenters. The van der Waals surface area contributed by atoms with Crippen molar-refractivity contribution in [3.05, 3.63) is 24.4 Å². The lowest BCUT2D eigenvalue weighted by atomic mass is 9.99. The summed E-state index contributed by atoms with van der Waals surface area (Å²) < 4.78 is 0. The van der Waals surface area contributed by atoms with Crippen LogP contribution in [-0.2, 0) is 0 Å². The van der Waals surface area contributed by atoms with Crippen LogP contribution in [0.5, 0.6) is 0 Å². The largest absolute Gasteiger partial charge is 0.390 e. The summed E-state index contributed by atoms with van der Waals surface area (Å²) in [6.45, 7) is 5.67. The van der Waals surface area contributed by atoms with Crippen molar-refractivity contribution in [2.24, 2.45) is 5.92 Å². The highest BCUT2D eigenvalue weighted by molar-refractivity contribution is 7.18. The molecule has 0 aromatic carbocycles. The Kier molecular flexibility index (Phi) is 5.53. The number of likely N-dealkylation sites (tertiary alicyclic amines) is 1. The highest BCUT2D eigenvalue weighted by Crippen LogP contribution is 2.24. The molecule has 0 saturated carbocycles. The smallest absolute Gasteiger partial charge is 0.206 e. The van der Waals surface area contributed by atoms with Crippen LogP contribution in [0.25, 0.3) is 10.7 Å². The normalized spacial score (nSPS) is 18.0. The molecule has 7 heteroatoms. The van der Waals surface area contributed by atoms with E-state index in [0.717, 1.165) is 34.8 Å². The Morgan fingerprint density at radius 1 is 1.35 bits per heavy atom. The predicted octanol–water partition coefficient (Wildman–Crippen LogP) is 2.10. The van der Waals surface area contributed by atoms with E-state index < -0.39 is 6.10 Å². The predicted molar refractivity (Wildman–Crippen MR) is 92.5 cm³/mol. The van der Waals surface area contributed by atoms with Crippen LogP contribution in [0.1, 0.15) is 19.8 Å². The summed E-state index contributed by atoms with van der Waals surface area (Å²) in [5, 5.41) is 23.1. The Labute approximate surface area is 140 Å². The van der Waals surface area contributed by atoms with E-state index in [4.69, 9.17) is 0 Å². The standard InChI is InChI=1S/C16H23N5OS/c1-12-5-8-21(9-6-12)11-13(22)10-18-16-20-19-15(23-16)14-4-2-3-7-17-14/h2-4,7,12-13,22H,5-6,8-11H2,1H3,(H,18,20)/t13-/m0/s1. The summed E-state index contributed by atoms with van der Waals surface area (Å²) in [7, 11) is 0. The minimum atomic E-state index is -0.398. The fourth-order valence-electron chi connectivity index (χ4n) is 2.70. The van der Waals surface area contributed by atoms with Crippen molar-refractivity contribution in [2.45, 2.75) is 25.9 Å². The van der Waals surface area contributed by atoms with Crippen molar-refractivity contribution in [3.63, 3.8) is 0 Å².